The zero-order valence-corrected chi connectivity index (χ0v) is 13.6. The molecule has 1 amide bonds. The number of primary amides is 1. The Kier molecular flexibility index (Phi) is 7.52. The highest BCUT2D eigenvalue weighted by molar-refractivity contribution is 5.84. The maximum absolute atomic E-state index is 11.6. The quantitative estimate of drug-likeness (QED) is 0.540. The summed E-state index contributed by atoms with van der Waals surface area (Å²) >= 11 is 0. The number of carbonyl (C=O) groups excluding carboxylic acids is 1. The normalized spacial score (nSPS) is 18.2. The molecule has 1 unspecified atom stereocenters. The van der Waals surface area contributed by atoms with Crippen molar-refractivity contribution < 1.29 is 4.79 Å². The zero-order chi connectivity index (χ0) is 15.0. The highest BCUT2D eigenvalue weighted by Gasteiger charge is 2.36. The molecule has 20 heavy (non-hydrogen) atoms. The van der Waals surface area contributed by atoms with Crippen LogP contribution in [0.2, 0.25) is 0 Å². The van der Waals surface area contributed by atoms with E-state index in [1.54, 1.807) is 0 Å². The van der Waals surface area contributed by atoms with E-state index in [-0.39, 0.29) is 5.91 Å². The Morgan fingerprint density at radius 2 is 1.85 bits per heavy atom. The second kappa shape index (κ2) is 8.63. The molecule has 1 aliphatic carbocycles. The van der Waals surface area contributed by atoms with E-state index in [0.717, 1.165) is 25.8 Å². The summed E-state index contributed by atoms with van der Waals surface area (Å²) in [5.74, 6) is -0.208. The molecule has 0 saturated heterocycles. The Bertz CT molecular complexity index is 291. The molecule has 0 bridgehead atoms. The molecule has 0 aromatic heterocycles. The van der Waals surface area contributed by atoms with Gasteiger partial charge in [-0.05, 0) is 65.6 Å². The molecule has 0 aliphatic heterocycles. The van der Waals surface area contributed by atoms with Crippen LogP contribution >= 0.6 is 0 Å². The lowest BCUT2D eigenvalue weighted by Gasteiger charge is -2.28. The lowest BCUT2D eigenvalue weighted by Crippen LogP contribution is -2.54. The molecule has 0 heterocycles. The first kappa shape index (κ1) is 17.4. The average molecular weight is 283 g/mol. The van der Waals surface area contributed by atoms with Crippen LogP contribution in [-0.4, -0.2) is 42.5 Å². The van der Waals surface area contributed by atoms with Gasteiger partial charge in [0.15, 0.2) is 0 Å². The van der Waals surface area contributed by atoms with E-state index in [2.05, 4.69) is 24.2 Å². The largest absolute Gasteiger partial charge is 0.368 e. The third kappa shape index (κ3) is 6.71. The first-order valence-electron chi connectivity index (χ1n) is 8.24. The molecular formula is C16H33N3O. The SMILES string of the molecule is CCCCCN(C)CCCCC(C)(NC1CC1)C(N)=O. The van der Waals surface area contributed by atoms with Gasteiger partial charge in [0, 0.05) is 6.04 Å². The van der Waals surface area contributed by atoms with Crippen LogP contribution in [0, 0.1) is 0 Å². The second-order valence-corrected chi connectivity index (χ2v) is 6.58. The maximum atomic E-state index is 11.6. The minimum atomic E-state index is -0.512. The Labute approximate surface area is 124 Å². The molecule has 1 fully saturated rings. The van der Waals surface area contributed by atoms with Gasteiger partial charge in [0.05, 0.1) is 5.54 Å². The van der Waals surface area contributed by atoms with Gasteiger partial charge in [0.2, 0.25) is 5.91 Å². The third-order valence-corrected chi connectivity index (χ3v) is 4.25. The molecule has 4 nitrogen and oxygen atoms in total. The number of nitrogens with two attached hydrogens (primary N) is 1. The lowest BCUT2D eigenvalue weighted by atomic mass is 9.93. The summed E-state index contributed by atoms with van der Waals surface area (Å²) in [7, 11) is 2.19. The van der Waals surface area contributed by atoms with Crippen LogP contribution in [0.1, 0.15) is 65.2 Å². The third-order valence-electron chi connectivity index (χ3n) is 4.25. The van der Waals surface area contributed by atoms with Crippen LogP contribution in [0.5, 0.6) is 0 Å². The summed E-state index contributed by atoms with van der Waals surface area (Å²) in [6.45, 7) is 6.49. The van der Waals surface area contributed by atoms with Crippen LogP contribution in [-0.2, 0) is 4.79 Å². The fourth-order valence-corrected chi connectivity index (χ4v) is 2.55. The molecule has 3 N–H and O–H groups in total. The summed E-state index contributed by atoms with van der Waals surface area (Å²) < 4.78 is 0. The van der Waals surface area contributed by atoms with Gasteiger partial charge in [-0.1, -0.05) is 19.8 Å². The van der Waals surface area contributed by atoms with E-state index in [4.69, 9.17) is 5.73 Å². The number of rotatable bonds is 12. The molecule has 0 spiro atoms. The van der Waals surface area contributed by atoms with E-state index in [9.17, 15) is 4.79 Å². The summed E-state index contributed by atoms with van der Waals surface area (Å²) in [4.78, 5) is 14.0. The predicted molar refractivity (Wildman–Crippen MR) is 84.6 cm³/mol. The van der Waals surface area contributed by atoms with Crippen molar-refractivity contribution >= 4 is 5.91 Å². The molecule has 118 valence electrons. The van der Waals surface area contributed by atoms with Crippen LogP contribution < -0.4 is 11.1 Å². The molecular weight excluding hydrogens is 250 g/mol. The van der Waals surface area contributed by atoms with Gasteiger partial charge in [0.25, 0.3) is 0 Å². The molecule has 1 saturated carbocycles. The van der Waals surface area contributed by atoms with Crippen molar-refractivity contribution in [2.24, 2.45) is 5.73 Å². The average Bonchev–Trinajstić information content (AvgIpc) is 3.18. The van der Waals surface area contributed by atoms with Crippen LogP contribution in [0.4, 0.5) is 0 Å². The fourth-order valence-electron chi connectivity index (χ4n) is 2.55. The van der Waals surface area contributed by atoms with Crippen molar-refractivity contribution in [2.45, 2.75) is 76.8 Å². The molecule has 1 atom stereocenters. The number of hydrogen-bond acceptors (Lipinski definition) is 3. The number of nitrogens with zero attached hydrogens (tertiary/aromatic N) is 1. The van der Waals surface area contributed by atoms with Gasteiger partial charge in [-0.2, -0.15) is 0 Å². The molecule has 0 radical (unpaired) electrons. The molecule has 0 aromatic rings. The van der Waals surface area contributed by atoms with E-state index >= 15 is 0 Å². The summed E-state index contributed by atoms with van der Waals surface area (Å²) in [6, 6.07) is 0.518. The Balaban J connectivity index is 2.15. The van der Waals surface area contributed by atoms with Gasteiger partial charge in [0.1, 0.15) is 0 Å². The second-order valence-electron chi connectivity index (χ2n) is 6.58. The first-order valence-corrected chi connectivity index (χ1v) is 8.24. The van der Waals surface area contributed by atoms with Crippen molar-refractivity contribution in [3.63, 3.8) is 0 Å². The summed E-state index contributed by atoms with van der Waals surface area (Å²) in [5, 5.41) is 3.41. The van der Waals surface area contributed by atoms with Gasteiger partial charge < -0.3 is 16.0 Å². The van der Waals surface area contributed by atoms with Crippen molar-refractivity contribution in [1.82, 2.24) is 10.2 Å². The predicted octanol–water partition coefficient (Wildman–Crippen LogP) is 2.27. The van der Waals surface area contributed by atoms with Crippen LogP contribution in [0.3, 0.4) is 0 Å². The highest BCUT2D eigenvalue weighted by atomic mass is 16.1. The van der Waals surface area contributed by atoms with E-state index in [0.29, 0.717) is 6.04 Å². The van der Waals surface area contributed by atoms with Gasteiger partial charge in [-0.3, -0.25) is 4.79 Å². The molecule has 1 rings (SSSR count). The Morgan fingerprint density at radius 3 is 2.35 bits per heavy atom. The number of hydrogen-bond donors (Lipinski definition) is 2. The Morgan fingerprint density at radius 1 is 1.25 bits per heavy atom. The van der Waals surface area contributed by atoms with Gasteiger partial charge in [-0.25, -0.2) is 0 Å². The van der Waals surface area contributed by atoms with Crippen LogP contribution in [0.25, 0.3) is 0 Å². The van der Waals surface area contributed by atoms with Crippen LogP contribution in [0.15, 0.2) is 0 Å². The van der Waals surface area contributed by atoms with Gasteiger partial charge >= 0.3 is 0 Å². The first-order chi connectivity index (χ1) is 9.48. The van der Waals surface area contributed by atoms with Crippen molar-refractivity contribution in [3.8, 4) is 0 Å². The lowest BCUT2D eigenvalue weighted by molar-refractivity contribution is -0.124. The monoisotopic (exact) mass is 283 g/mol. The van der Waals surface area contributed by atoms with Crippen molar-refractivity contribution in [3.05, 3.63) is 0 Å². The number of amides is 1. The smallest absolute Gasteiger partial charge is 0.237 e. The number of unbranched alkanes of at least 4 members (excludes halogenated alkanes) is 3. The summed E-state index contributed by atoms with van der Waals surface area (Å²) in [6.07, 6.45) is 9.28. The minimum Gasteiger partial charge on any atom is -0.368 e. The molecule has 1 aliphatic rings. The van der Waals surface area contributed by atoms with Crippen molar-refractivity contribution in [2.75, 3.05) is 20.1 Å². The van der Waals surface area contributed by atoms with E-state index < -0.39 is 5.54 Å². The molecule has 0 aromatic carbocycles. The zero-order valence-electron chi connectivity index (χ0n) is 13.6. The standard InChI is InChI=1S/C16H33N3O/c1-4-5-7-12-19(3)13-8-6-11-16(2,15(17)20)18-14-9-10-14/h14,18H,4-13H2,1-3H3,(H2,17,20). The number of carbonyl (C=O) groups is 1. The number of nitrogens with one attached hydrogen (secondary N) is 1. The van der Waals surface area contributed by atoms with Gasteiger partial charge in [-0.15, -0.1) is 0 Å². The van der Waals surface area contributed by atoms with E-state index in [1.807, 2.05) is 6.92 Å². The maximum Gasteiger partial charge on any atom is 0.237 e. The summed E-state index contributed by atoms with van der Waals surface area (Å²) in [5.41, 5.74) is 5.05. The topological polar surface area (TPSA) is 58.4 Å². The Hall–Kier alpha value is -0.610. The van der Waals surface area contributed by atoms with E-state index in [1.165, 1.54) is 38.6 Å². The minimum absolute atomic E-state index is 0.208. The fraction of sp³-hybridized carbons (Fsp3) is 0.938. The van der Waals surface area contributed by atoms with Crippen molar-refractivity contribution in [1.29, 1.82) is 0 Å². The highest BCUT2D eigenvalue weighted by Crippen LogP contribution is 2.25. The molecule has 4 heteroatoms.